The van der Waals surface area contributed by atoms with Crippen LogP contribution in [-0.2, 0) is 4.43 Å². The lowest BCUT2D eigenvalue weighted by Gasteiger charge is -2.10. The molecule has 0 fully saturated rings. The van der Waals surface area contributed by atoms with E-state index in [1.54, 1.807) is 18.2 Å². The lowest BCUT2D eigenvalue weighted by molar-refractivity contribution is 0.432. The minimum Gasteiger partial charge on any atom is -0.508 e. The van der Waals surface area contributed by atoms with Crippen LogP contribution in [0.3, 0.4) is 0 Å². The normalized spacial score (nSPS) is 11.0. The Hall–Kier alpha value is -1.82. The van der Waals surface area contributed by atoms with Crippen molar-refractivity contribution in [3.05, 3.63) is 59.9 Å². The second-order valence-electron chi connectivity index (χ2n) is 4.84. The molecule has 0 radical (unpaired) electrons. The highest BCUT2D eigenvalue weighted by Gasteiger charge is 2.08. The first-order valence-electron chi connectivity index (χ1n) is 6.39. The molecular formula is C17H12FIO2. The first-order valence-corrected chi connectivity index (χ1v) is 7.91. The predicted octanol–water partition coefficient (Wildman–Crippen LogP) is 4.99. The molecule has 2 N–H and O–H groups in total. The van der Waals surface area contributed by atoms with Crippen molar-refractivity contribution in [2.75, 3.05) is 0 Å². The van der Waals surface area contributed by atoms with Gasteiger partial charge in [0.25, 0.3) is 0 Å². The van der Waals surface area contributed by atoms with Gasteiger partial charge in [-0.25, -0.2) is 4.39 Å². The van der Waals surface area contributed by atoms with Gasteiger partial charge in [0.1, 0.15) is 5.75 Å². The van der Waals surface area contributed by atoms with Gasteiger partial charge in [0, 0.05) is 4.43 Å². The van der Waals surface area contributed by atoms with E-state index in [-0.39, 0.29) is 11.5 Å². The van der Waals surface area contributed by atoms with E-state index in [2.05, 4.69) is 22.6 Å². The molecule has 3 aromatic carbocycles. The fraction of sp³-hybridized carbons (Fsp3) is 0.0588. The maximum absolute atomic E-state index is 13.5. The zero-order chi connectivity index (χ0) is 15.0. The molecule has 0 aromatic heterocycles. The lowest BCUT2D eigenvalue weighted by atomic mass is 9.97. The highest BCUT2D eigenvalue weighted by atomic mass is 127. The highest BCUT2D eigenvalue weighted by Crippen LogP contribution is 2.32. The summed E-state index contributed by atoms with van der Waals surface area (Å²) in [6.07, 6.45) is 0. The Balaban J connectivity index is 2.23. The van der Waals surface area contributed by atoms with Gasteiger partial charge in [-0.1, -0.05) is 34.7 Å². The van der Waals surface area contributed by atoms with Gasteiger partial charge in [0.05, 0.1) is 0 Å². The summed E-state index contributed by atoms with van der Waals surface area (Å²) >= 11 is 2.27. The molecule has 0 saturated heterocycles. The third kappa shape index (κ3) is 2.68. The molecule has 21 heavy (non-hydrogen) atoms. The van der Waals surface area contributed by atoms with Gasteiger partial charge in [-0.3, -0.25) is 0 Å². The summed E-state index contributed by atoms with van der Waals surface area (Å²) in [4.78, 5) is 0. The van der Waals surface area contributed by atoms with Gasteiger partial charge in [-0.05, 0) is 63.9 Å². The summed E-state index contributed by atoms with van der Waals surface area (Å²) in [6, 6.07) is 13.5. The number of hydrogen-bond donors (Lipinski definition) is 2. The third-order valence-electron chi connectivity index (χ3n) is 3.45. The molecule has 0 aliphatic heterocycles. The Morgan fingerprint density at radius 1 is 0.905 bits per heavy atom. The maximum Gasteiger partial charge on any atom is 0.165 e. The van der Waals surface area contributed by atoms with Crippen molar-refractivity contribution < 1.29 is 14.6 Å². The number of aromatic hydroxyl groups is 2. The Morgan fingerprint density at radius 3 is 2.43 bits per heavy atom. The predicted molar refractivity (Wildman–Crippen MR) is 90.4 cm³/mol. The average molecular weight is 394 g/mol. The van der Waals surface area contributed by atoms with Crippen molar-refractivity contribution in [2.45, 2.75) is 4.43 Å². The Labute approximate surface area is 135 Å². The Kier molecular flexibility index (Phi) is 3.71. The van der Waals surface area contributed by atoms with Crippen LogP contribution in [-0.4, -0.2) is 10.2 Å². The summed E-state index contributed by atoms with van der Waals surface area (Å²) in [5.41, 5.74) is 2.68. The van der Waals surface area contributed by atoms with E-state index in [1.165, 1.54) is 12.1 Å². The Bertz CT molecular complexity index is 830. The van der Waals surface area contributed by atoms with Gasteiger partial charge >= 0.3 is 0 Å². The van der Waals surface area contributed by atoms with E-state index in [0.717, 1.165) is 26.3 Å². The van der Waals surface area contributed by atoms with E-state index in [9.17, 15) is 14.6 Å². The largest absolute Gasteiger partial charge is 0.508 e. The third-order valence-corrected chi connectivity index (χ3v) is 4.27. The van der Waals surface area contributed by atoms with Crippen LogP contribution in [0.15, 0.2) is 48.5 Å². The van der Waals surface area contributed by atoms with Crippen molar-refractivity contribution in [3.8, 4) is 22.6 Å². The van der Waals surface area contributed by atoms with Crippen molar-refractivity contribution in [3.63, 3.8) is 0 Å². The summed E-state index contributed by atoms with van der Waals surface area (Å²) in [7, 11) is 0. The molecule has 0 aliphatic rings. The molecule has 106 valence electrons. The van der Waals surface area contributed by atoms with Crippen molar-refractivity contribution >= 4 is 33.4 Å². The number of phenols is 2. The van der Waals surface area contributed by atoms with E-state index in [1.807, 2.05) is 18.2 Å². The summed E-state index contributed by atoms with van der Waals surface area (Å²) < 4.78 is 14.3. The first kappa shape index (κ1) is 14.1. The maximum atomic E-state index is 13.5. The highest BCUT2D eigenvalue weighted by molar-refractivity contribution is 14.1. The van der Waals surface area contributed by atoms with Crippen LogP contribution in [0, 0.1) is 5.82 Å². The summed E-state index contributed by atoms with van der Waals surface area (Å²) in [5.74, 6) is -0.745. The Morgan fingerprint density at radius 2 is 1.71 bits per heavy atom. The molecule has 4 heteroatoms. The molecule has 0 heterocycles. The molecule has 0 aliphatic carbocycles. The standard InChI is InChI=1S/C17H12FIO2/c18-16-7-10(2-4-17(16)21)12-5-11-1-3-14(20)8-15(11)13(6-12)9-19/h1-8,20-21H,9H2. The number of benzene rings is 3. The topological polar surface area (TPSA) is 40.5 Å². The van der Waals surface area contributed by atoms with Gasteiger partial charge in [-0.15, -0.1) is 0 Å². The second kappa shape index (κ2) is 5.52. The molecule has 0 unspecified atom stereocenters. The van der Waals surface area contributed by atoms with E-state index in [4.69, 9.17) is 0 Å². The number of halogens is 2. The summed E-state index contributed by atoms with van der Waals surface area (Å²) in [5, 5.41) is 20.9. The fourth-order valence-corrected chi connectivity index (χ4v) is 3.02. The van der Waals surface area contributed by atoms with Gasteiger partial charge in [0.15, 0.2) is 11.6 Å². The van der Waals surface area contributed by atoms with Crippen LogP contribution in [0.5, 0.6) is 11.5 Å². The SMILES string of the molecule is Oc1ccc2cc(-c3ccc(O)c(F)c3)cc(CI)c2c1. The zero-order valence-electron chi connectivity index (χ0n) is 11.0. The lowest BCUT2D eigenvalue weighted by Crippen LogP contribution is -1.87. The fourth-order valence-electron chi connectivity index (χ4n) is 2.39. The minimum atomic E-state index is -0.630. The monoisotopic (exact) mass is 394 g/mol. The molecule has 0 saturated carbocycles. The molecule has 0 amide bonds. The van der Waals surface area contributed by atoms with Gasteiger partial charge < -0.3 is 10.2 Å². The quantitative estimate of drug-likeness (QED) is 0.475. The van der Waals surface area contributed by atoms with Crippen LogP contribution in [0.1, 0.15) is 5.56 Å². The van der Waals surface area contributed by atoms with Crippen molar-refractivity contribution in [1.82, 2.24) is 0 Å². The zero-order valence-corrected chi connectivity index (χ0v) is 13.1. The minimum absolute atomic E-state index is 0.233. The summed E-state index contributed by atoms with van der Waals surface area (Å²) in [6.45, 7) is 0. The molecule has 3 rings (SSSR count). The van der Waals surface area contributed by atoms with Crippen LogP contribution in [0.4, 0.5) is 4.39 Å². The first-order chi connectivity index (χ1) is 10.1. The molecular weight excluding hydrogens is 382 g/mol. The second-order valence-corrected chi connectivity index (χ2v) is 5.60. The number of phenolic OH excluding ortho intramolecular Hbond substituents is 2. The van der Waals surface area contributed by atoms with Crippen molar-refractivity contribution in [2.24, 2.45) is 0 Å². The number of fused-ring (bicyclic) bond motifs is 1. The molecule has 3 aromatic rings. The molecule has 0 bridgehead atoms. The number of alkyl halides is 1. The molecule has 2 nitrogen and oxygen atoms in total. The number of rotatable bonds is 2. The van der Waals surface area contributed by atoms with Crippen LogP contribution < -0.4 is 0 Å². The van der Waals surface area contributed by atoms with Crippen molar-refractivity contribution in [1.29, 1.82) is 0 Å². The van der Waals surface area contributed by atoms with E-state index >= 15 is 0 Å². The van der Waals surface area contributed by atoms with Gasteiger partial charge in [0.2, 0.25) is 0 Å². The van der Waals surface area contributed by atoms with E-state index in [0.29, 0.717) is 5.56 Å². The number of hydrogen-bond acceptors (Lipinski definition) is 2. The average Bonchev–Trinajstić information content (AvgIpc) is 2.49. The van der Waals surface area contributed by atoms with Crippen LogP contribution in [0.2, 0.25) is 0 Å². The van der Waals surface area contributed by atoms with Crippen LogP contribution >= 0.6 is 22.6 Å². The van der Waals surface area contributed by atoms with E-state index < -0.39 is 5.82 Å². The van der Waals surface area contributed by atoms with Gasteiger partial charge in [-0.2, -0.15) is 0 Å². The molecule has 0 atom stereocenters. The smallest absolute Gasteiger partial charge is 0.165 e. The van der Waals surface area contributed by atoms with Crippen LogP contribution in [0.25, 0.3) is 21.9 Å². The molecule has 0 spiro atoms.